The van der Waals surface area contributed by atoms with Crippen molar-refractivity contribution >= 4 is 27.8 Å². The molecule has 7 heteroatoms. The molecule has 0 heterocycles. The smallest absolute Gasteiger partial charge is 0.322 e. The summed E-state index contributed by atoms with van der Waals surface area (Å²) in [6.07, 6.45) is 0. The van der Waals surface area contributed by atoms with E-state index in [1.165, 1.54) is 23.9 Å². The molecule has 0 amide bonds. The van der Waals surface area contributed by atoms with Gasteiger partial charge in [0.1, 0.15) is 6.04 Å². The number of carboxylic acids is 1. The maximum atomic E-state index is 12.4. The van der Waals surface area contributed by atoms with E-state index in [2.05, 4.69) is 10.8 Å². The lowest BCUT2D eigenvalue weighted by atomic mass is 10.1. The number of aliphatic carboxylic acids is 1. The summed E-state index contributed by atoms with van der Waals surface area (Å²) < 4.78 is 27.0. The van der Waals surface area contributed by atoms with Crippen LogP contribution in [-0.2, 0) is 14.8 Å². The number of carbonyl (C=O) groups is 1. The summed E-state index contributed by atoms with van der Waals surface area (Å²) in [6, 6.07) is 13.3. The van der Waals surface area contributed by atoms with Gasteiger partial charge in [-0.05, 0) is 49.2 Å². The van der Waals surface area contributed by atoms with E-state index >= 15 is 0 Å². The number of hydrogen-bond acceptors (Lipinski definition) is 4. The molecule has 2 N–H and O–H groups in total. The van der Waals surface area contributed by atoms with Gasteiger partial charge in [-0.15, -0.1) is 0 Å². The monoisotopic (exact) mass is 379 g/mol. The van der Waals surface area contributed by atoms with Crippen LogP contribution in [0.5, 0.6) is 0 Å². The molecular weight excluding hydrogens is 358 g/mol. The lowest BCUT2D eigenvalue weighted by Crippen LogP contribution is -2.44. The summed E-state index contributed by atoms with van der Waals surface area (Å²) in [5.74, 6) is -1.55. The normalized spacial score (nSPS) is 13.0. The van der Waals surface area contributed by atoms with Crippen molar-refractivity contribution in [3.8, 4) is 0 Å². The Balaban J connectivity index is 2.16. The molecule has 0 aliphatic rings. The Morgan fingerprint density at radius 2 is 1.72 bits per heavy atom. The molecule has 0 aromatic heterocycles. The van der Waals surface area contributed by atoms with Crippen molar-refractivity contribution in [1.29, 1.82) is 0 Å². The molecule has 0 fully saturated rings. The van der Waals surface area contributed by atoms with Crippen molar-refractivity contribution < 1.29 is 18.3 Å². The highest BCUT2D eigenvalue weighted by Crippen LogP contribution is 2.29. The van der Waals surface area contributed by atoms with E-state index in [1.807, 2.05) is 25.1 Å². The van der Waals surface area contributed by atoms with Crippen molar-refractivity contribution in [3.63, 3.8) is 0 Å². The van der Waals surface area contributed by atoms with E-state index in [4.69, 9.17) is 5.11 Å². The fourth-order valence-corrected chi connectivity index (χ4v) is 4.48. The predicted molar refractivity (Wildman–Crippen MR) is 98.3 cm³/mol. The van der Waals surface area contributed by atoms with Crippen LogP contribution in [0.1, 0.15) is 19.4 Å². The highest BCUT2D eigenvalue weighted by atomic mass is 32.2. The largest absolute Gasteiger partial charge is 0.480 e. The topological polar surface area (TPSA) is 83.5 Å². The van der Waals surface area contributed by atoms with Crippen molar-refractivity contribution in [2.45, 2.75) is 41.5 Å². The number of sulfonamides is 1. The van der Waals surface area contributed by atoms with Gasteiger partial charge < -0.3 is 5.11 Å². The number of nitrogens with one attached hydrogen (secondary N) is 1. The van der Waals surface area contributed by atoms with Crippen LogP contribution in [0.25, 0.3) is 0 Å². The van der Waals surface area contributed by atoms with E-state index in [-0.39, 0.29) is 10.8 Å². The van der Waals surface area contributed by atoms with Gasteiger partial charge in [-0.3, -0.25) is 4.79 Å². The standard InChI is InChI=1S/C18H21NO4S2/c1-12(2)17(18(20)21)19-25(22,23)16-9-7-14(8-10-16)24-15-6-4-5-13(3)11-15/h4-12,17,19H,1-3H3,(H,20,21)/t17-/m1/s1. The van der Waals surface area contributed by atoms with E-state index in [0.29, 0.717) is 0 Å². The first-order chi connectivity index (χ1) is 11.7. The first-order valence-corrected chi connectivity index (χ1v) is 10.1. The molecule has 0 aliphatic carbocycles. The molecule has 2 aromatic rings. The first-order valence-electron chi connectivity index (χ1n) is 7.79. The van der Waals surface area contributed by atoms with Gasteiger partial charge >= 0.3 is 5.97 Å². The summed E-state index contributed by atoms with van der Waals surface area (Å²) >= 11 is 1.54. The van der Waals surface area contributed by atoms with Crippen LogP contribution in [0.2, 0.25) is 0 Å². The third-order valence-electron chi connectivity index (χ3n) is 3.57. The van der Waals surface area contributed by atoms with Crippen LogP contribution in [0.3, 0.4) is 0 Å². The van der Waals surface area contributed by atoms with E-state index in [0.717, 1.165) is 15.4 Å². The van der Waals surface area contributed by atoms with Gasteiger partial charge in [-0.25, -0.2) is 8.42 Å². The molecule has 2 rings (SSSR count). The van der Waals surface area contributed by atoms with Crippen LogP contribution in [0.4, 0.5) is 0 Å². The molecular formula is C18H21NO4S2. The fraction of sp³-hybridized carbons (Fsp3) is 0.278. The maximum absolute atomic E-state index is 12.4. The van der Waals surface area contributed by atoms with Crippen LogP contribution < -0.4 is 4.72 Å². The third kappa shape index (κ3) is 5.32. The second kappa shape index (κ2) is 8.03. The minimum atomic E-state index is -3.89. The highest BCUT2D eigenvalue weighted by molar-refractivity contribution is 7.99. The molecule has 0 unspecified atom stereocenters. The van der Waals surface area contributed by atoms with E-state index < -0.39 is 22.0 Å². The Morgan fingerprint density at radius 1 is 1.08 bits per heavy atom. The highest BCUT2D eigenvalue weighted by Gasteiger charge is 2.27. The Labute approximate surface area is 152 Å². The minimum absolute atomic E-state index is 0.0491. The molecule has 5 nitrogen and oxygen atoms in total. The van der Waals surface area contributed by atoms with Gasteiger partial charge in [0, 0.05) is 9.79 Å². The summed E-state index contributed by atoms with van der Waals surface area (Å²) in [5.41, 5.74) is 1.15. The van der Waals surface area contributed by atoms with Crippen LogP contribution in [-0.4, -0.2) is 25.5 Å². The predicted octanol–water partition coefficient (Wildman–Crippen LogP) is 3.53. The zero-order chi connectivity index (χ0) is 18.6. The van der Waals surface area contributed by atoms with Gasteiger partial charge in [0.25, 0.3) is 0 Å². The van der Waals surface area contributed by atoms with Crippen LogP contribution in [0.15, 0.2) is 63.2 Å². The van der Waals surface area contributed by atoms with Crippen molar-refractivity contribution in [2.24, 2.45) is 5.92 Å². The van der Waals surface area contributed by atoms with E-state index in [1.54, 1.807) is 26.0 Å². The average molecular weight is 380 g/mol. The summed E-state index contributed by atoms with van der Waals surface area (Å²) in [7, 11) is -3.89. The van der Waals surface area contributed by atoms with Crippen molar-refractivity contribution in [2.75, 3.05) is 0 Å². The Kier molecular flexibility index (Phi) is 6.26. The Hall–Kier alpha value is -1.83. The zero-order valence-corrected chi connectivity index (χ0v) is 15.9. The lowest BCUT2D eigenvalue weighted by Gasteiger charge is -2.18. The minimum Gasteiger partial charge on any atom is -0.480 e. The Morgan fingerprint density at radius 3 is 2.24 bits per heavy atom. The lowest BCUT2D eigenvalue weighted by molar-refractivity contribution is -0.140. The van der Waals surface area contributed by atoms with Gasteiger partial charge in [0.2, 0.25) is 10.0 Å². The molecule has 25 heavy (non-hydrogen) atoms. The van der Waals surface area contributed by atoms with Crippen LogP contribution in [0, 0.1) is 12.8 Å². The Bertz CT molecular complexity index is 846. The first kappa shape index (κ1) is 19.5. The zero-order valence-electron chi connectivity index (χ0n) is 14.3. The van der Waals surface area contributed by atoms with E-state index in [9.17, 15) is 13.2 Å². The molecule has 0 spiro atoms. The molecule has 1 atom stereocenters. The number of hydrogen-bond donors (Lipinski definition) is 2. The number of aryl methyl sites for hydroxylation is 1. The van der Waals surface area contributed by atoms with Crippen molar-refractivity contribution in [1.82, 2.24) is 4.72 Å². The summed E-state index contributed by atoms with van der Waals surface area (Å²) in [5, 5.41) is 9.15. The molecule has 0 saturated carbocycles. The SMILES string of the molecule is Cc1cccc(Sc2ccc(S(=O)(=O)N[C@@H](C(=O)O)C(C)C)cc2)c1. The third-order valence-corrected chi connectivity index (χ3v) is 6.03. The average Bonchev–Trinajstić information content (AvgIpc) is 2.53. The molecule has 134 valence electrons. The van der Waals surface area contributed by atoms with Crippen molar-refractivity contribution in [3.05, 3.63) is 54.1 Å². The quantitative estimate of drug-likeness (QED) is 0.769. The summed E-state index contributed by atoms with van der Waals surface area (Å²) in [4.78, 5) is 13.2. The van der Waals surface area contributed by atoms with Gasteiger partial charge in [-0.1, -0.05) is 43.3 Å². The van der Waals surface area contributed by atoms with Gasteiger partial charge in [-0.2, -0.15) is 4.72 Å². The summed E-state index contributed by atoms with van der Waals surface area (Å²) in [6.45, 7) is 5.32. The molecule has 0 radical (unpaired) electrons. The van der Waals surface area contributed by atoms with Gasteiger partial charge in [0.05, 0.1) is 4.90 Å². The number of carboxylic acid groups (broad SMARTS) is 1. The molecule has 0 aliphatic heterocycles. The fourth-order valence-electron chi connectivity index (χ4n) is 2.21. The number of benzene rings is 2. The number of rotatable bonds is 7. The second-order valence-electron chi connectivity index (χ2n) is 6.07. The molecule has 2 aromatic carbocycles. The molecule has 0 saturated heterocycles. The second-order valence-corrected chi connectivity index (χ2v) is 8.93. The maximum Gasteiger partial charge on any atom is 0.322 e. The van der Waals surface area contributed by atoms with Gasteiger partial charge in [0.15, 0.2) is 0 Å². The van der Waals surface area contributed by atoms with Crippen LogP contribution >= 0.6 is 11.8 Å². The molecule has 0 bridgehead atoms.